The largest absolute Gasteiger partial charge is 0.465 e. The summed E-state index contributed by atoms with van der Waals surface area (Å²) in [6, 6.07) is -0.0347. The summed E-state index contributed by atoms with van der Waals surface area (Å²) in [5.74, 6) is 0. The third-order valence-electron chi connectivity index (χ3n) is 1.89. The summed E-state index contributed by atoms with van der Waals surface area (Å²) in [5, 5.41) is 8.75. The number of hydrogen-bond donors (Lipinski definition) is 1. The molecule has 1 rings (SSSR count). The van der Waals surface area contributed by atoms with Gasteiger partial charge in [0.2, 0.25) is 0 Å². The smallest absolute Gasteiger partial charge is 0.407 e. The third kappa shape index (κ3) is 2.25. The highest BCUT2D eigenvalue weighted by atomic mass is 35.5. The van der Waals surface area contributed by atoms with Crippen molar-refractivity contribution in [2.45, 2.75) is 25.9 Å². The van der Waals surface area contributed by atoms with Gasteiger partial charge in [-0.25, -0.2) is 4.79 Å². The maximum absolute atomic E-state index is 10.6. The molecule has 12 heavy (non-hydrogen) atoms. The van der Waals surface area contributed by atoms with E-state index in [0.717, 1.165) is 0 Å². The van der Waals surface area contributed by atoms with Crippen LogP contribution in [0.15, 0.2) is 0 Å². The van der Waals surface area contributed by atoms with Crippen molar-refractivity contribution in [2.24, 2.45) is 0 Å². The van der Waals surface area contributed by atoms with Crippen molar-refractivity contribution < 1.29 is 14.6 Å². The van der Waals surface area contributed by atoms with Crippen molar-refractivity contribution in [3.8, 4) is 0 Å². The fraction of sp³-hybridized carbons (Fsp3) is 0.857. The Morgan fingerprint density at radius 1 is 1.42 bits per heavy atom. The standard InChI is InChI=1S/C7H13NO3.ClH/c1-5-3-11-4-6(2)8(5)7(9)10;/h5-6H,3-4H2,1-2H3,(H,9,10);1H. The van der Waals surface area contributed by atoms with E-state index in [9.17, 15) is 4.79 Å². The molecule has 0 spiro atoms. The molecule has 0 radical (unpaired) electrons. The molecule has 0 aromatic carbocycles. The first-order valence-corrected chi connectivity index (χ1v) is 3.72. The zero-order valence-electron chi connectivity index (χ0n) is 7.19. The van der Waals surface area contributed by atoms with Gasteiger partial charge in [-0.3, -0.25) is 4.90 Å². The van der Waals surface area contributed by atoms with E-state index in [4.69, 9.17) is 9.84 Å². The molecule has 0 aromatic heterocycles. The molecule has 1 aliphatic rings. The number of halogens is 1. The van der Waals surface area contributed by atoms with E-state index < -0.39 is 6.09 Å². The first-order valence-electron chi connectivity index (χ1n) is 3.72. The zero-order valence-corrected chi connectivity index (χ0v) is 8.00. The fourth-order valence-corrected chi connectivity index (χ4v) is 1.38. The molecule has 0 aliphatic carbocycles. The lowest BCUT2D eigenvalue weighted by molar-refractivity contribution is -0.0257. The van der Waals surface area contributed by atoms with Crippen LogP contribution in [0.3, 0.4) is 0 Å². The molecule has 0 bridgehead atoms. The van der Waals surface area contributed by atoms with E-state index in [1.165, 1.54) is 4.90 Å². The molecule has 1 N–H and O–H groups in total. The van der Waals surface area contributed by atoms with Crippen molar-refractivity contribution in [3.05, 3.63) is 0 Å². The molecule has 2 atom stereocenters. The molecule has 0 aromatic rings. The third-order valence-corrected chi connectivity index (χ3v) is 1.89. The highest BCUT2D eigenvalue weighted by Gasteiger charge is 2.28. The number of morpholine rings is 1. The SMILES string of the molecule is CC1COCC(C)N1C(=O)O.Cl. The van der Waals surface area contributed by atoms with Gasteiger partial charge in [0.1, 0.15) is 0 Å². The Hall–Kier alpha value is -0.480. The number of ether oxygens (including phenoxy) is 1. The second-order valence-electron chi connectivity index (χ2n) is 2.93. The van der Waals surface area contributed by atoms with Crippen LogP contribution in [0.1, 0.15) is 13.8 Å². The molecule has 1 amide bonds. The van der Waals surface area contributed by atoms with Crippen molar-refractivity contribution in [3.63, 3.8) is 0 Å². The summed E-state index contributed by atoms with van der Waals surface area (Å²) in [5.41, 5.74) is 0. The highest BCUT2D eigenvalue weighted by molar-refractivity contribution is 5.85. The number of carbonyl (C=O) groups is 1. The first-order chi connectivity index (χ1) is 5.13. The van der Waals surface area contributed by atoms with Crippen molar-refractivity contribution in [1.82, 2.24) is 4.90 Å². The molecule has 1 heterocycles. The highest BCUT2D eigenvalue weighted by Crippen LogP contribution is 2.12. The summed E-state index contributed by atoms with van der Waals surface area (Å²) in [6.07, 6.45) is -0.853. The second kappa shape index (κ2) is 4.52. The molecule has 5 heteroatoms. The Morgan fingerprint density at radius 2 is 1.83 bits per heavy atom. The number of carboxylic acid groups (broad SMARTS) is 1. The number of amides is 1. The minimum atomic E-state index is -0.853. The molecule has 1 aliphatic heterocycles. The van der Waals surface area contributed by atoms with Gasteiger partial charge in [-0.15, -0.1) is 12.4 Å². The summed E-state index contributed by atoms with van der Waals surface area (Å²) in [4.78, 5) is 12.1. The molecule has 1 fully saturated rings. The van der Waals surface area contributed by atoms with Gasteiger partial charge in [0.05, 0.1) is 25.3 Å². The van der Waals surface area contributed by atoms with Crippen molar-refractivity contribution >= 4 is 18.5 Å². The van der Waals surface area contributed by atoms with Crippen molar-refractivity contribution in [1.29, 1.82) is 0 Å². The van der Waals surface area contributed by atoms with Crippen LogP contribution in [0.5, 0.6) is 0 Å². The number of hydrogen-bond acceptors (Lipinski definition) is 2. The Bertz CT molecular complexity index is 155. The topological polar surface area (TPSA) is 49.8 Å². The predicted molar refractivity (Wildman–Crippen MR) is 46.9 cm³/mol. The van der Waals surface area contributed by atoms with Crippen LogP contribution in [-0.2, 0) is 4.74 Å². The summed E-state index contributed by atoms with van der Waals surface area (Å²) in [7, 11) is 0. The van der Waals surface area contributed by atoms with Gasteiger partial charge >= 0.3 is 6.09 Å². The Balaban J connectivity index is 0.00000121. The van der Waals surface area contributed by atoms with Crippen LogP contribution in [0.4, 0.5) is 4.79 Å². The van der Waals surface area contributed by atoms with E-state index in [2.05, 4.69) is 0 Å². The van der Waals surface area contributed by atoms with Gasteiger partial charge in [-0.05, 0) is 13.8 Å². The molecular formula is C7H14ClNO3. The van der Waals surface area contributed by atoms with Gasteiger partial charge < -0.3 is 9.84 Å². The lowest BCUT2D eigenvalue weighted by atomic mass is 10.2. The predicted octanol–water partition coefficient (Wildman–Crippen LogP) is 1.20. The second-order valence-corrected chi connectivity index (χ2v) is 2.93. The zero-order chi connectivity index (χ0) is 8.43. The average molecular weight is 196 g/mol. The lowest BCUT2D eigenvalue weighted by Crippen LogP contribution is -2.51. The average Bonchev–Trinajstić information content (AvgIpc) is 1.85. The van der Waals surface area contributed by atoms with Crippen LogP contribution in [0, 0.1) is 0 Å². The van der Waals surface area contributed by atoms with Crippen LogP contribution < -0.4 is 0 Å². The van der Waals surface area contributed by atoms with E-state index in [-0.39, 0.29) is 24.5 Å². The summed E-state index contributed by atoms with van der Waals surface area (Å²) in [6.45, 7) is 4.72. The number of rotatable bonds is 0. The van der Waals surface area contributed by atoms with E-state index in [1.807, 2.05) is 13.8 Å². The van der Waals surface area contributed by atoms with Gasteiger partial charge in [-0.1, -0.05) is 0 Å². The van der Waals surface area contributed by atoms with Crippen molar-refractivity contribution in [2.75, 3.05) is 13.2 Å². The van der Waals surface area contributed by atoms with Gasteiger partial charge in [0.15, 0.2) is 0 Å². The van der Waals surface area contributed by atoms with Gasteiger partial charge in [-0.2, -0.15) is 0 Å². The molecule has 2 unspecified atom stereocenters. The molecule has 0 saturated carbocycles. The Kier molecular flexibility index (Phi) is 4.34. The fourth-order valence-electron chi connectivity index (χ4n) is 1.38. The quantitative estimate of drug-likeness (QED) is 0.632. The Labute approximate surface area is 77.9 Å². The molecular weight excluding hydrogens is 182 g/mol. The molecule has 4 nitrogen and oxygen atoms in total. The van der Waals surface area contributed by atoms with E-state index in [1.54, 1.807) is 0 Å². The molecule has 72 valence electrons. The van der Waals surface area contributed by atoms with Gasteiger partial charge in [0.25, 0.3) is 0 Å². The van der Waals surface area contributed by atoms with E-state index >= 15 is 0 Å². The number of nitrogens with zero attached hydrogens (tertiary/aromatic N) is 1. The normalized spacial score (nSPS) is 29.3. The van der Waals surface area contributed by atoms with Crippen LogP contribution in [0.25, 0.3) is 0 Å². The monoisotopic (exact) mass is 195 g/mol. The van der Waals surface area contributed by atoms with Crippen LogP contribution >= 0.6 is 12.4 Å². The Morgan fingerprint density at radius 3 is 2.08 bits per heavy atom. The maximum atomic E-state index is 10.6. The summed E-state index contributed by atoms with van der Waals surface area (Å²) < 4.78 is 5.17. The lowest BCUT2D eigenvalue weighted by Gasteiger charge is -2.36. The van der Waals surface area contributed by atoms with E-state index in [0.29, 0.717) is 13.2 Å². The molecule has 1 saturated heterocycles. The maximum Gasteiger partial charge on any atom is 0.407 e. The summed E-state index contributed by atoms with van der Waals surface area (Å²) >= 11 is 0. The minimum Gasteiger partial charge on any atom is -0.465 e. The first kappa shape index (κ1) is 11.5. The minimum absolute atomic E-state index is 0. The van der Waals surface area contributed by atoms with Gasteiger partial charge in [0, 0.05) is 0 Å². The van der Waals surface area contributed by atoms with Crippen LogP contribution in [0.2, 0.25) is 0 Å². The van der Waals surface area contributed by atoms with Crippen LogP contribution in [-0.4, -0.2) is 41.4 Å².